The standard InChI is InChI=1S/C15H21N3S/c1-11-2-3-13-14(10-11)18-15(17-13)19-9-6-12-4-7-16-8-5-12/h2-3,10,12,16H,4-9H2,1H3,(H,17,18). The van der Waals surface area contributed by atoms with Gasteiger partial charge < -0.3 is 10.3 Å². The number of piperidine rings is 1. The lowest BCUT2D eigenvalue weighted by Crippen LogP contribution is -2.27. The minimum absolute atomic E-state index is 0.903. The molecule has 0 saturated carbocycles. The normalized spacial score (nSPS) is 17.1. The van der Waals surface area contributed by atoms with Crippen LogP contribution in [0.4, 0.5) is 0 Å². The molecule has 3 nitrogen and oxygen atoms in total. The summed E-state index contributed by atoms with van der Waals surface area (Å²) < 4.78 is 0. The summed E-state index contributed by atoms with van der Waals surface area (Å²) >= 11 is 1.86. The Bertz CT molecular complexity index is 543. The second-order valence-corrected chi connectivity index (χ2v) is 6.48. The van der Waals surface area contributed by atoms with Crippen LogP contribution < -0.4 is 5.32 Å². The quantitative estimate of drug-likeness (QED) is 0.841. The number of nitrogens with zero attached hydrogens (tertiary/aromatic N) is 1. The summed E-state index contributed by atoms with van der Waals surface area (Å²) in [4.78, 5) is 8.05. The van der Waals surface area contributed by atoms with E-state index in [1.807, 2.05) is 11.8 Å². The van der Waals surface area contributed by atoms with Gasteiger partial charge in [0, 0.05) is 5.75 Å². The van der Waals surface area contributed by atoms with E-state index in [4.69, 9.17) is 0 Å². The Hall–Kier alpha value is -1.00. The number of nitrogens with one attached hydrogen (secondary N) is 2. The van der Waals surface area contributed by atoms with E-state index in [-0.39, 0.29) is 0 Å². The Kier molecular flexibility index (Phi) is 4.09. The summed E-state index contributed by atoms with van der Waals surface area (Å²) in [5, 5.41) is 4.48. The van der Waals surface area contributed by atoms with Gasteiger partial charge in [-0.25, -0.2) is 4.98 Å². The van der Waals surface area contributed by atoms with E-state index in [2.05, 4.69) is 40.4 Å². The third-order valence-corrected chi connectivity index (χ3v) is 4.75. The van der Waals surface area contributed by atoms with Gasteiger partial charge >= 0.3 is 0 Å². The number of H-pyrrole nitrogens is 1. The van der Waals surface area contributed by atoms with Crippen molar-refractivity contribution in [1.82, 2.24) is 15.3 Å². The molecular weight excluding hydrogens is 254 g/mol. The summed E-state index contributed by atoms with van der Waals surface area (Å²) in [6.07, 6.45) is 3.97. The lowest BCUT2D eigenvalue weighted by Gasteiger charge is -2.21. The van der Waals surface area contributed by atoms with Gasteiger partial charge in [0.05, 0.1) is 11.0 Å². The molecule has 1 fully saturated rings. The zero-order valence-electron chi connectivity index (χ0n) is 11.4. The zero-order valence-corrected chi connectivity index (χ0v) is 12.2. The molecule has 19 heavy (non-hydrogen) atoms. The second-order valence-electron chi connectivity index (χ2n) is 5.39. The van der Waals surface area contributed by atoms with E-state index < -0.39 is 0 Å². The molecule has 1 aliphatic rings. The van der Waals surface area contributed by atoms with Crippen molar-refractivity contribution < 1.29 is 0 Å². The van der Waals surface area contributed by atoms with E-state index in [1.54, 1.807) is 0 Å². The molecule has 0 bridgehead atoms. The van der Waals surface area contributed by atoms with Crippen molar-refractivity contribution >= 4 is 22.8 Å². The molecular formula is C15H21N3S. The minimum atomic E-state index is 0.903. The SMILES string of the molecule is Cc1ccc2nc(SCCC3CCNCC3)[nH]c2c1. The summed E-state index contributed by atoms with van der Waals surface area (Å²) in [6.45, 7) is 4.50. The lowest BCUT2D eigenvalue weighted by molar-refractivity contribution is 0.367. The van der Waals surface area contributed by atoms with Gasteiger partial charge in [-0.2, -0.15) is 0 Å². The van der Waals surface area contributed by atoms with Crippen molar-refractivity contribution in [1.29, 1.82) is 0 Å². The van der Waals surface area contributed by atoms with Crippen LogP contribution in [0.2, 0.25) is 0 Å². The number of hydrogen-bond donors (Lipinski definition) is 2. The Balaban J connectivity index is 1.56. The third-order valence-electron chi connectivity index (χ3n) is 3.84. The minimum Gasteiger partial charge on any atom is -0.333 e. The van der Waals surface area contributed by atoms with Gasteiger partial charge in [0.2, 0.25) is 0 Å². The first kappa shape index (κ1) is 13.0. The highest BCUT2D eigenvalue weighted by Gasteiger charge is 2.13. The molecule has 2 aromatic rings. The molecule has 2 heterocycles. The van der Waals surface area contributed by atoms with E-state index in [0.29, 0.717) is 0 Å². The molecule has 1 aromatic heterocycles. The molecule has 1 saturated heterocycles. The molecule has 2 N–H and O–H groups in total. The largest absolute Gasteiger partial charge is 0.333 e. The zero-order chi connectivity index (χ0) is 13.1. The molecule has 1 aliphatic heterocycles. The van der Waals surface area contributed by atoms with Crippen LogP contribution in [0.5, 0.6) is 0 Å². The van der Waals surface area contributed by atoms with Gasteiger partial charge in [-0.1, -0.05) is 17.8 Å². The van der Waals surface area contributed by atoms with Crippen LogP contribution in [0.1, 0.15) is 24.8 Å². The van der Waals surface area contributed by atoms with Gasteiger partial charge in [-0.05, 0) is 62.9 Å². The monoisotopic (exact) mass is 275 g/mol. The first-order valence-corrected chi connectivity index (χ1v) is 8.10. The summed E-state index contributed by atoms with van der Waals surface area (Å²) in [7, 11) is 0. The van der Waals surface area contributed by atoms with Gasteiger partial charge in [0.15, 0.2) is 5.16 Å². The topological polar surface area (TPSA) is 40.7 Å². The smallest absolute Gasteiger partial charge is 0.166 e. The van der Waals surface area contributed by atoms with Crippen molar-refractivity contribution in [2.75, 3.05) is 18.8 Å². The first-order valence-electron chi connectivity index (χ1n) is 7.11. The molecule has 0 spiro atoms. The molecule has 0 aliphatic carbocycles. The Morgan fingerprint density at radius 3 is 3.00 bits per heavy atom. The molecule has 3 rings (SSSR count). The van der Waals surface area contributed by atoms with Crippen molar-refractivity contribution in [2.24, 2.45) is 5.92 Å². The average Bonchev–Trinajstić information content (AvgIpc) is 2.82. The number of fused-ring (bicyclic) bond motifs is 1. The number of rotatable bonds is 4. The lowest BCUT2D eigenvalue weighted by atomic mass is 9.96. The highest BCUT2D eigenvalue weighted by atomic mass is 32.2. The van der Waals surface area contributed by atoms with Crippen molar-refractivity contribution in [3.8, 4) is 0 Å². The Morgan fingerprint density at radius 2 is 2.16 bits per heavy atom. The Labute approximate surface area is 118 Å². The molecule has 4 heteroatoms. The summed E-state index contributed by atoms with van der Waals surface area (Å²) in [6, 6.07) is 6.38. The number of aromatic amines is 1. The molecule has 0 atom stereocenters. The van der Waals surface area contributed by atoms with Crippen molar-refractivity contribution in [3.05, 3.63) is 23.8 Å². The number of benzene rings is 1. The fraction of sp³-hybridized carbons (Fsp3) is 0.533. The number of aryl methyl sites for hydroxylation is 1. The average molecular weight is 275 g/mol. The number of thioether (sulfide) groups is 1. The van der Waals surface area contributed by atoms with Crippen LogP contribution in [0.15, 0.2) is 23.4 Å². The predicted octanol–water partition coefficient (Wildman–Crippen LogP) is 3.35. The van der Waals surface area contributed by atoms with Crippen LogP contribution >= 0.6 is 11.8 Å². The number of imidazole rings is 1. The van der Waals surface area contributed by atoms with Gasteiger partial charge in [-0.15, -0.1) is 0 Å². The van der Waals surface area contributed by atoms with E-state index >= 15 is 0 Å². The number of hydrogen-bond acceptors (Lipinski definition) is 3. The van der Waals surface area contributed by atoms with E-state index in [0.717, 1.165) is 22.1 Å². The van der Waals surface area contributed by atoms with E-state index in [9.17, 15) is 0 Å². The Morgan fingerprint density at radius 1 is 1.32 bits per heavy atom. The maximum Gasteiger partial charge on any atom is 0.166 e. The van der Waals surface area contributed by atoms with Gasteiger partial charge in [-0.3, -0.25) is 0 Å². The fourth-order valence-electron chi connectivity index (χ4n) is 2.66. The van der Waals surface area contributed by atoms with Crippen molar-refractivity contribution in [2.45, 2.75) is 31.3 Å². The van der Waals surface area contributed by atoms with Crippen LogP contribution in [0.25, 0.3) is 11.0 Å². The van der Waals surface area contributed by atoms with Crippen LogP contribution in [-0.2, 0) is 0 Å². The maximum absolute atomic E-state index is 4.63. The summed E-state index contributed by atoms with van der Waals surface area (Å²) in [5.74, 6) is 2.07. The molecule has 102 valence electrons. The molecule has 0 radical (unpaired) electrons. The van der Waals surface area contributed by atoms with Crippen LogP contribution in [0, 0.1) is 12.8 Å². The van der Waals surface area contributed by atoms with Crippen molar-refractivity contribution in [3.63, 3.8) is 0 Å². The fourth-order valence-corrected chi connectivity index (χ4v) is 3.65. The van der Waals surface area contributed by atoms with E-state index in [1.165, 1.54) is 43.7 Å². The van der Waals surface area contributed by atoms with Gasteiger partial charge in [0.1, 0.15) is 0 Å². The predicted molar refractivity (Wildman–Crippen MR) is 81.8 cm³/mol. The van der Waals surface area contributed by atoms with Crippen LogP contribution in [-0.4, -0.2) is 28.8 Å². The van der Waals surface area contributed by atoms with Crippen LogP contribution in [0.3, 0.4) is 0 Å². The first-order chi connectivity index (χ1) is 9.31. The maximum atomic E-state index is 4.63. The molecule has 0 unspecified atom stereocenters. The number of aromatic nitrogens is 2. The highest BCUT2D eigenvalue weighted by Crippen LogP contribution is 2.24. The molecule has 0 amide bonds. The molecule has 1 aromatic carbocycles. The third kappa shape index (κ3) is 3.31. The second kappa shape index (κ2) is 5.97. The summed E-state index contributed by atoms with van der Waals surface area (Å²) in [5.41, 5.74) is 3.52. The van der Waals surface area contributed by atoms with Gasteiger partial charge in [0.25, 0.3) is 0 Å². The highest BCUT2D eigenvalue weighted by molar-refractivity contribution is 7.99.